The van der Waals surface area contributed by atoms with Crippen LogP contribution in [0, 0.1) is 5.92 Å². The number of amides is 2. The molecule has 1 aromatic heterocycles. The maximum atomic E-state index is 13.8. The summed E-state index contributed by atoms with van der Waals surface area (Å²) in [5.41, 5.74) is 3.80. The number of carbonyl (C=O) groups is 2. The van der Waals surface area contributed by atoms with E-state index in [0.717, 1.165) is 36.3 Å². The summed E-state index contributed by atoms with van der Waals surface area (Å²) in [4.78, 5) is 33.5. The minimum atomic E-state index is -0.705. The summed E-state index contributed by atoms with van der Waals surface area (Å²) in [5.74, 6) is 0.186. The van der Waals surface area contributed by atoms with Gasteiger partial charge in [-0.15, -0.1) is 0 Å². The molecule has 0 bridgehead atoms. The van der Waals surface area contributed by atoms with Gasteiger partial charge in [0.1, 0.15) is 6.04 Å². The van der Waals surface area contributed by atoms with E-state index < -0.39 is 17.6 Å². The van der Waals surface area contributed by atoms with Crippen molar-refractivity contribution in [2.45, 2.75) is 78.0 Å². The van der Waals surface area contributed by atoms with Crippen LogP contribution >= 0.6 is 0 Å². The molecule has 0 saturated carbocycles. The van der Waals surface area contributed by atoms with Crippen LogP contribution in [0.15, 0.2) is 79.1 Å². The largest absolute Gasteiger partial charge is 0.381 e. The highest BCUT2D eigenvalue weighted by atomic mass is 16.2. The number of benzene rings is 2. The van der Waals surface area contributed by atoms with E-state index in [-0.39, 0.29) is 11.8 Å². The predicted octanol–water partition coefficient (Wildman–Crippen LogP) is 5.22. The van der Waals surface area contributed by atoms with E-state index in [0.29, 0.717) is 18.8 Å². The molecule has 2 unspecified atom stereocenters. The number of nitrogens with one attached hydrogen (secondary N) is 3. The summed E-state index contributed by atoms with van der Waals surface area (Å²) in [7, 11) is 1.99. The highest BCUT2D eigenvalue weighted by Crippen LogP contribution is 2.15. The number of hydrogen-bond acceptors (Lipinski definition) is 5. The molecule has 2 amide bonds. The molecule has 0 spiro atoms. The van der Waals surface area contributed by atoms with Gasteiger partial charge in [-0.3, -0.25) is 19.5 Å². The number of likely N-dealkylation sites (N-methyl/N-ethyl adjacent to an activating group) is 1. The average Bonchev–Trinajstić information content (AvgIpc) is 2.94. The Kier molecular flexibility index (Phi) is 11.9. The molecule has 2 aromatic carbocycles. The molecule has 3 rings (SSSR count). The minimum absolute atomic E-state index is 0.150. The lowest BCUT2D eigenvalue weighted by Crippen LogP contribution is -2.57. The zero-order chi connectivity index (χ0) is 29.8. The van der Waals surface area contributed by atoms with E-state index in [1.54, 1.807) is 12.4 Å². The van der Waals surface area contributed by atoms with Crippen molar-refractivity contribution in [2.24, 2.45) is 5.92 Å². The van der Waals surface area contributed by atoms with Crippen LogP contribution in [-0.4, -0.2) is 52.9 Å². The second-order valence-electron chi connectivity index (χ2n) is 12.3. The summed E-state index contributed by atoms with van der Waals surface area (Å²) in [5, 5.41) is 9.62. The molecule has 3 N–H and O–H groups in total. The maximum Gasteiger partial charge on any atom is 0.243 e. The first-order valence-electron chi connectivity index (χ1n) is 14.6. The third-order valence-electron chi connectivity index (χ3n) is 6.94. The second-order valence-corrected chi connectivity index (χ2v) is 12.3. The predicted molar refractivity (Wildman–Crippen MR) is 168 cm³/mol. The van der Waals surface area contributed by atoms with Crippen molar-refractivity contribution in [1.82, 2.24) is 20.5 Å². The van der Waals surface area contributed by atoms with Crippen LogP contribution in [0.4, 0.5) is 5.69 Å². The molecule has 0 aliphatic heterocycles. The van der Waals surface area contributed by atoms with Crippen LogP contribution in [0.1, 0.15) is 57.7 Å². The molecular formula is C34H47N5O2. The van der Waals surface area contributed by atoms with E-state index in [1.165, 1.54) is 5.56 Å². The molecule has 7 heteroatoms. The summed E-state index contributed by atoms with van der Waals surface area (Å²) in [6.07, 6.45) is 5.41. The van der Waals surface area contributed by atoms with Crippen LogP contribution in [-0.2, 0) is 29.0 Å². The summed E-state index contributed by atoms with van der Waals surface area (Å²) in [6, 6.07) is 21.1. The number of anilines is 1. The SMILES string of the molecule is CC(C)CCN(C)C(Cc1ccncc1)C(=O)NC(Cc1ccc(NCc2ccccc2)cc1)C(=O)NC(C)(C)C. The Morgan fingerprint density at radius 3 is 2.07 bits per heavy atom. The monoisotopic (exact) mass is 557 g/mol. The van der Waals surface area contributed by atoms with Crippen LogP contribution in [0.3, 0.4) is 0 Å². The Hall–Kier alpha value is -3.71. The zero-order valence-electron chi connectivity index (χ0n) is 25.5. The molecular weight excluding hydrogens is 510 g/mol. The third-order valence-corrected chi connectivity index (χ3v) is 6.94. The highest BCUT2D eigenvalue weighted by Gasteiger charge is 2.30. The molecule has 0 radical (unpaired) electrons. The number of hydrogen-bond donors (Lipinski definition) is 3. The number of aromatic nitrogens is 1. The normalized spacial score (nSPS) is 13.1. The van der Waals surface area contributed by atoms with Crippen LogP contribution in [0.2, 0.25) is 0 Å². The Labute approximate surface area is 246 Å². The molecule has 7 nitrogen and oxygen atoms in total. The fourth-order valence-electron chi connectivity index (χ4n) is 4.54. The van der Waals surface area contributed by atoms with Gasteiger partial charge in [-0.05, 0) is 94.1 Å². The number of pyridine rings is 1. The van der Waals surface area contributed by atoms with Gasteiger partial charge < -0.3 is 16.0 Å². The number of nitrogens with zero attached hydrogens (tertiary/aromatic N) is 2. The van der Waals surface area contributed by atoms with Crippen molar-refractivity contribution < 1.29 is 9.59 Å². The van der Waals surface area contributed by atoms with Crippen molar-refractivity contribution in [3.05, 3.63) is 95.8 Å². The smallest absolute Gasteiger partial charge is 0.243 e. The van der Waals surface area contributed by atoms with Crippen molar-refractivity contribution in [1.29, 1.82) is 0 Å². The Balaban J connectivity index is 1.75. The van der Waals surface area contributed by atoms with Gasteiger partial charge in [-0.25, -0.2) is 0 Å². The first-order chi connectivity index (χ1) is 19.5. The lowest BCUT2D eigenvalue weighted by Gasteiger charge is -2.31. The number of rotatable bonds is 14. The Morgan fingerprint density at radius 2 is 1.46 bits per heavy atom. The molecule has 2 atom stereocenters. The summed E-state index contributed by atoms with van der Waals surface area (Å²) in [6.45, 7) is 11.7. The molecule has 0 aliphatic carbocycles. The van der Waals surface area contributed by atoms with Gasteiger partial charge in [-0.1, -0.05) is 56.3 Å². The molecule has 220 valence electrons. The Bertz CT molecular complexity index is 1210. The van der Waals surface area contributed by atoms with Gasteiger partial charge in [0.15, 0.2) is 0 Å². The lowest BCUT2D eigenvalue weighted by atomic mass is 10.0. The summed E-state index contributed by atoms with van der Waals surface area (Å²) >= 11 is 0. The molecule has 0 aliphatic rings. The third kappa shape index (κ3) is 11.4. The average molecular weight is 558 g/mol. The molecule has 41 heavy (non-hydrogen) atoms. The molecule has 0 fully saturated rings. The van der Waals surface area contributed by atoms with Crippen molar-refractivity contribution >= 4 is 17.5 Å². The molecule has 3 aromatic rings. The topological polar surface area (TPSA) is 86.4 Å². The van der Waals surface area contributed by atoms with Gasteiger partial charge in [0.05, 0.1) is 6.04 Å². The fourth-order valence-corrected chi connectivity index (χ4v) is 4.54. The maximum absolute atomic E-state index is 13.8. The van der Waals surface area contributed by atoms with Crippen LogP contribution < -0.4 is 16.0 Å². The standard InChI is InChI=1S/C34H47N5O2/c1-25(2)18-21-39(6)31(23-27-16-19-35-20-17-27)33(41)37-30(32(40)38-34(3,4)5)22-26-12-14-29(15-13-26)36-24-28-10-8-7-9-11-28/h7-17,19-20,25,30-31,36H,18,21-24H2,1-6H3,(H,37,41)(H,38,40). The first kappa shape index (κ1) is 31.8. The van der Waals surface area contributed by atoms with E-state index in [4.69, 9.17) is 0 Å². The van der Waals surface area contributed by atoms with E-state index in [9.17, 15) is 9.59 Å². The van der Waals surface area contributed by atoms with E-state index in [2.05, 4.69) is 51.8 Å². The fraction of sp³-hybridized carbons (Fsp3) is 0.441. The van der Waals surface area contributed by atoms with Crippen molar-refractivity contribution in [2.75, 3.05) is 18.9 Å². The van der Waals surface area contributed by atoms with Crippen molar-refractivity contribution in [3.8, 4) is 0 Å². The highest BCUT2D eigenvalue weighted by molar-refractivity contribution is 5.90. The zero-order valence-corrected chi connectivity index (χ0v) is 25.5. The quantitative estimate of drug-likeness (QED) is 0.253. The summed E-state index contributed by atoms with van der Waals surface area (Å²) < 4.78 is 0. The van der Waals surface area contributed by atoms with Gasteiger partial charge in [0.25, 0.3) is 0 Å². The lowest BCUT2D eigenvalue weighted by molar-refractivity contribution is -0.132. The van der Waals surface area contributed by atoms with Gasteiger partial charge in [0.2, 0.25) is 11.8 Å². The van der Waals surface area contributed by atoms with E-state index >= 15 is 0 Å². The van der Waals surface area contributed by atoms with Gasteiger partial charge in [-0.2, -0.15) is 0 Å². The van der Waals surface area contributed by atoms with E-state index in [1.807, 2.05) is 82.4 Å². The first-order valence-corrected chi connectivity index (χ1v) is 14.6. The minimum Gasteiger partial charge on any atom is -0.381 e. The Morgan fingerprint density at radius 1 is 0.829 bits per heavy atom. The molecule has 0 saturated heterocycles. The second kappa shape index (κ2) is 15.3. The number of carbonyl (C=O) groups excluding carboxylic acids is 2. The van der Waals surface area contributed by atoms with Crippen LogP contribution in [0.5, 0.6) is 0 Å². The van der Waals surface area contributed by atoms with Gasteiger partial charge in [0, 0.05) is 36.6 Å². The van der Waals surface area contributed by atoms with Crippen molar-refractivity contribution in [3.63, 3.8) is 0 Å². The van der Waals surface area contributed by atoms with Gasteiger partial charge >= 0.3 is 0 Å². The van der Waals surface area contributed by atoms with Crippen LogP contribution in [0.25, 0.3) is 0 Å². The molecule has 1 heterocycles.